The molecule has 0 aliphatic carbocycles. The van der Waals surface area contributed by atoms with Gasteiger partial charge < -0.3 is 14.6 Å². The molecule has 0 aliphatic rings. The number of hydrogen-bond donors (Lipinski definition) is 1. The maximum Gasteiger partial charge on any atom is 0.146 e. The van der Waals surface area contributed by atoms with Gasteiger partial charge in [0.1, 0.15) is 6.79 Å². The van der Waals surface area contributed by atoms with Gasteiger partial charge in [0.25, 0.3) is 0 Å². The third kappa shape index (κ3) is 8.23. The zero-order chi connectivity index (χ0) is 10.8. The van der Waals surface area contributed by atoms with Crippen molar-refractivity contribution in [3.8, 4) is 0 Å². The molecule has 0 heterocycles. The fraction of sp³-hybridized carbons (Fsp3) is 0.818. The number of aliphatic hydroxyl groups excluding tert-OH is 1. The fourth-order valence-electron chi connectivity index (χ4n) is 1.15. The molecule has 3 heteroatoms. The van der Waals surface area contributed by atoms with Gasteiger partial charge >= 0.3 is 0 Å². The molecule has 0 aliphatic heterocycles. The van der Waals surface area contributed by atoms with E-state index in [0.717, 1.165) is 6.42 Å². The molecular weight excluding hydrogens is 180 g/mol. The van der Waals surface area contributed by atoms with Crippen LogP contribution in [0.25, 0.3) is 0 Å². The van der Waals surface area contributed by atoms with Gasteiger partial charge in [0.05, 0.1) is 12.2 Å². The number of allylic oxidation sites excluding steroid dienone is 1. The summed E-state index contributed by atoms with van der Waals surface area (Å²) >= 11 is 0. The number of methoxy groups -OCH3 is 1. The van der Waals surface area contributed by atoms with Crippen LogP contribution in [0, 0.1) is 0 Å². The van der Waals surface area contributed by atoms with E-state index in [1.165, 1.54) is 0 Å². The average Bonchev–Trinajstić information content (AvgIpc) is 2.15. The highest BCUT2D eigenvalue weighted by Crippen LogP contribution is 2.06. The van der Waals surface area contributed by atoms with Crippen molar-refractivity contribution < 1.29 is 14.6 Å². The smallest absolute Gasteiger partial charge is 0.146 e. The zero-order valence-corrected chi connectivity index (χ0v) is 9.40. The molecule has 0 aromatic heterocycles. The molecule has 0 fully saturated rings. The summed E-state index contributed by atoms with van der Waals surface area (Å²) in [5.74, 6) is 0. The van der Waals surface area contributed by atoms with Crippen molar-refractivity contribution in [2.24, 2.45) is 0 Å². The summed E-state index contributed by atoms with van der Waals surface area (Å²) in [7, 11) is 1.59. The minimum absolute atomic E-state index is 0.0416. The van der Waals surface area contributed by atoms with Crippen LogP contribution in [0.2, 0.25) is 0 Å². The van der Waals surface area contributed by atoms with Crippen molar-refractivity contribution in [3.05, 3.63) is 12.2 Å². The minimum atomic E-state index is -0.315. The van der Waals surface area contributed by atoms with Crippen LogP contribution in [0.1, 0.15) is 33.1 Å². The minimum Gasteiger partial charge on any atom is -0.393 e. The first-order valence-corrected chi connectivity index (χ1v) is 5.14. The van der Waals surface area contributed by atoms with Gasteiger partial charge in [0, 0.05) is 7.11 Å². The lowest BCUT2D eigenvalue weighted by molar-refractivity contribution is -0.0771. The van der Waals surface area contributed by atoms with Gasteiger partial charge in [-0.3, -0.25) is 0 Å². The standard InChI is InChI=1S/C11H22O3/c1-4-5-6-7-11(12)8-10(2)14-9-13-3/h5-6,10-12H,4,7-9H2,1-3H3/b6-5+/t10-,11+/m1/s1. The molecular formula is C11H22O3. The van der Waals surface area contributed by atoms with Gasteiger partial charge in [0.15, 0.2) is 0 Å². The van der Waals surface area contributed by atoms with E-state index in [4.69, 9.17) is 9.47 Å². The molecule has 1 N–H and O–H groups in total. The summed E-state index contributed by atoms with van der Waals surface area (Å²) in [5, 5.41) is 9.57. The molecule has 0 amide bonds. The predicted molar refractivity (Wildman–Crippen MR) is 57.1 cm³/mol. The molecule has 3 nitrogen and oxygen atoms in total. The molecule has 0 saturated carbocycles. The highest BCUT2D eigenvalue weighted by Gasteiger charge is 2.08. The molecule has 0 unspecified atom stereocenters. The maximum absolute atomic E-state index is 9.57. The summed E-state index contributed by atoms with van der Waals surface area (Å²) in [6.07, 6.45) is 6.16. The molecule has 0 aromatic carbocycles. The summed E-state index contributed by atoms with van der Waals surface area (Å²) in [6.45, 7) is 4.30. The molecule has 14 heavy (non-hydrogen) atoms. The number of rotatable bonds is 8. The Hall–Kier alpha value is -0.380. The lowest BCUT2D eigenvalue weighted by atomic mass is 10.1. The van der Waals surface area contributed by atoms with Crippen molar-refractivity contribution in [2.45, 2.75) is 45.3 Å². The van der Waals surface area contributed by atoms with Gasteiger partial charge in [0.2, 0.25) is 0 Å². The van der Waals surface area contributed by atoms with Gasteiger partial charge in [-0.1, -0.05) is 19.1 Å². The normalized spacial score (nSPS) is 16.0. The van der Waals surface area contributed by atoms with Crippen molar-refractivity contribution in [1.29, 1.82) is 0 Å². The second kappa shape index (κ2) is 9.19. The van der Waals surface area contributed by atoms with Gasteiger partial charge in [-0.05, 0) is 26.2 Å². The SMILES string of the molecule is CC/C=C/C[C@H](O)C[C@@H](C)OCOC. The fourth-order valence-corrected chi connectivity index (χ4v) is 1.15. The van der Waals surface area contributed by atoms with Crippen LogP contribution in [0.15, 0.2) is 12.2 Å². The number of hydrogen-bond acceptors (Lipinski definition) is 3. The van der Waals surface area contributed by atoms with Gasteiger partial charge in [-0.2, -0.15) is 0 Å². The topological polar surface area (TPSA) is 38.7 Å². The zero-order valence-electron chi connectivity index (χ0n) is 9.40. The Morgan fingerprint density at radius 2 is 2.07 bits per heavy atom. The monoisotopic (exact) mass is 202 g/mol. The molecule has 0 radical (unpaired) electrons. The molecule has 0 aromatic rings. The lowest BCUT2D eigenvalue weighted by Crippen LogP contribution is -2.18. The highest BCUT2D eigenvalue weighted by molar-refractivity contribution is 4.83. The van der Waals surface area contributed by atoms with Crippen LogP contribution in [0.3, 0.4) is 0 Å². The Morgan fingerprint density at radius 3 is 2.64 bits per heavy atom. The molecule has 84 valence electrons. The van der Waals surface area contributed by atoms with E-state index in [2.05, 4.69) is 13.0 Å². The van der Waals surface area contributed by atoms with Crippen LogP contribution in [-0.2, 0) is 9.47 Å². The van der Waals surface area contributed by atoms with Gasteiger partial charge in [-0.25, -0.2) is 0 Å². The first-order valence-electron chi connectivity index (χ1n) is 5.14. The Balaban J connectivity index is 3.49. The third-order valence-electron chi connectivity index (χ3n) is 1.88. The van der Waals surface area contributed by atoms with Crippen LogP contribution >= 0.6 is 0 Å². The number of ether oxygens (including phenoxy) is 2. The number of aliphatic hydroxyl groups is 1. The Labute approximate surface area is 86.7 Å². The van der Waals surface area contributed by atoms with E-state index in [0.29, 0.717) is 19.6 Å². The maximum atomic E-state index is 9.57. The first kappa shape index (κ1) is 13.6. The van der Waals surface area contributed by atoms with Crippen molar-refractivity contribution in [3.63, 3.8) is 0 Å². The first-order chi connectivity index (χ1) is 6.70. The molecule has 0 spiro atoms. The van der Waals surface area contributed by atoms with E-state index in [1.807, 2.05) is 13.0 Å². The van der Waals surface area contributed by atoms with Crippen molar-refractivity contribution in [2.75, 3.05) is 13.9 Å². The van der Waals surface area contributed by atoms with Gasteiger partial charge in [-0.15, -0.1) is 0 Å². The van der Waals surface area contributed by atoms with Crippen LogP contribution < -0.4 is 0 Å². The largest absolute Gasteiger partial charge is 0.393 e. The van der Waals surface area contributed by atoms with E-state index in [-0.39, 0.29) is 12.2 Å². The van der Waals surface area contributed by atoms with E-state index in [1.54, 1.807) is 7.11 Å². The van der Waals surface area contributed by atoms with E-state index in [9.17, 15) is 5.11 Å². The summed E-state index contributed by atoms with van der Waals surface area (Å²) in [4.78, 5) is 0. The average molecular weight is 202 g/mol. The molecule has 0 rings (SSSR count). The van der Waals surface area contributed by atoms with E-state index >= 15 is 0 Å². The second-order valence-corrected chi connectivity index (χ2v) is 3.39. The van der Waals surface area contributed by atoms with Crippen LogP contribution in [0.4, 0.5) is 0 Å². The molecule has 0 saturated heterocycles. The highest BCUT2D eigenvalue weighted by atomic mass is 16.7. The molecule has 0 bridgehead atoms. The van der Waals surface area contributed by atoms with Crippen molar-refractivity contribution in [1.82, 2.24) is 0 Å². The van der Waals surface area contributed by atoms with Crippen LogP contribution in [0.5, 0.6) is 0 Å². The lowest BCUT2D eigenvalue weighted by Gasteiger charge is -2.15. The Kier molecular flexibility index (Phi) is 8.94. The second-order valence-electron chi connectivity index (χ2n) is 3.39. The van der Waals surface area contributed by atoms with E-state index < -0.39 is 0 Å². The predicted octanol–water partition coefficient (Wildman–Crippen LogP) is 2.10. The Bertz CT molecular complexity index is 145. The third-order valence-corrected chi connectivity index (χ3v) is 1.88. The quantitative estimate of drug-likeness (QED) is 0.484. The summed E-state index contributed by atoms with van der Waals surface area (Å²) in [5.41, 5.74) is 0. The molecule has 2 atom stereocenters. The van der Waals surface area contributed by atoms with Crippen LogP contribution in [-0.4, -0.2) is 31.2 Å². The summed E-state index contributed by atoms with van der Waals surface area (Å²) < 4.78 is 10.0. The summed E-state index contributed by atoms with van der Waals surface area (Å²) in [6, 6.07) is 0. The Morgan fingerprint density at radius 1 is 1.36 bits per heavy atom. The van der Waals surface area contributed by atoms with Crippen molar-refractivity contribution >= 4 is 0 Å².